The van der Waals surface area contributed by atoms with Gasteiger partial charge in [-0.1, -0.05) is 6.92 Å². The molecule has 1 N–H and O–H groups in total. The van der Waals surface area contributed by atoms with E-state index in [-0.39, 0.29) is 12.0 Å². The average Bonchev–Trinajstić information content (AvgIpc) is 2.70. The van der Waals surface area contributed by atoms with Gasteiger partial charge in [0.2, 0.25) is 0 Å². The van der Waals surface area contributed by atoms with Crippen molar-refractivity contribution in [3.05, 3.63) is 17.0 Å². The van der Waals surface area contributed by atoms with Gasteiger partial charge in [0.1, 0.15) is 0 Å². The van der Waals surface area contributed by atoms with Crippen molar-refractivity contribution in [1.29, 1.82) is 0 Å². The van der Waals surface area contributed by atoms with E-state index in [2.05, 4.69) is 31.2 Å². The van der Waals surface area contributed by atoms with Crippen molar-refractivity contribution in [2.75, 3.05) is 13.2 Å². The molecule has 1 aliphatic heterocycles. The maximum atomic E-state index is 11.9. The zero-order valence-electron chi connectivity index (χ0n) is 11.5. The fourth-order valence-corrected chi connectivity index (χ4v) is 2.45. The number of hydrogen-bond acceptors (Lipinski definition) is 4. The molecule has 0 aromatic carbocycles. The van der Waals surface area contributed by atoms with Gasteiger partial charge in [0.05, 0.1) is 6.61 Å². The van der Waals surface area contributed by atoms with E-state index in [0.29, 0.717) is 24.8 Å². The Kier molecular flexibility index (Phi) is 3.71. The summed E-state index contributed by atoms with van der Waals surface area (Å²) in [5, 5.41) is 7.78. The number of rotatable bonds is 3. The maximum Gasteiger partial charge on any atom is 0.359 e. The van der Waals surface area contributed by atoms with Crippen LogP contribution in [0.4, 0.5) is 0 Å². The minimum atomic E-state index is -0.316. The Balaban J connectivity index is 2.49. The van der Waals surface area contributed by atoms with Crippen LogP contribution in [-0.4, -0.2) is 28.9 Å². The lowest BCUT2D eigenvalue weighted by atomic mass is 9.97. The van der Waals surface area contributed by atoms with Crippen LogP contribution in [0.5, 0.6) is 0 Å². The highest BCUT2D eigenvalue weighted by Crippen LogP contribution is 2.29. The van der Waals surface area contributed by atoms with Gasteiger partial charge in [-0.2, -0.15) is 5.10 Å². The molecule has 0 saturated heterocycles. The molecule has 2 heterocycles. The van der Waals surface area contributed by atoms with Crippen LogP contribution in [0.15, 0.2) is 0 Å². The van der Waals surface area contributed by atoms with Gasteiger partial charge in [-0.3, -0.25) is 4.68 Å². The van der Waals surface area contributed by atoms with Crippen molar-refractivity contribution in [3.8, 4) is 0 Å². The topological polar surface area (TPSA) is 56.1 Å². The SMILES string of the molecule is CCOC(=O)c1nn(C(C)C)c2c1CNC[C@H]2C. The predicted octanol–water partition coefficient (Wildman–Crippen LogP) is 1.85. The molecule has 100 valence electrons. The molecule has 1 atom stereocenters. The van der Waals surface area contributed by atoms with Crippen molar-refractivity contribution in [2.45, 2.75) is 46.2 Å². The molecule has 2 rings (SSSR count). The Labute approximate surface area is 108 Å². The maximum absolute atomic E-state index is 11.9. The lowest BCUT2D eigenvalue weighted by Crippen LogP contribution is -2.29. The summed E-state index contributed by atoms with van der Waals surface area (Å²) in [7, 11) is 0. The van der Waals surface area contributed by atoms with Crippen LogP contribution in [0, 0.1) is 0 Å². The lowest BCUT2D eigenvalue weighted by Gasteiger charge is -2.23. The van der Waals surface area contributed by atoms with Crippen LogP contribution in [0.25, 0.3) is 0 Å². The van der Waals surface area contributed by atoms with E-state index in [1.165, 1.54) is 5.69 Å². The van der Waals surface area contributed by atoms with E-state index >= 15 is 0 Å². The van der Waals surface area contributed by atoms with E-state index in [0.717, 1.165) is 12.1 Å². The summed E-state index contributed by atoms with van der Waals surface area (Å²) in [4.78, 5) is 11.9. The standard InChI is InChI=1S/C13H21N3O2/c1-5-18-13(17)11-10-7-14-6-9(4)12(10)16(15-11)8(2)3/h8-9,14H,5-7H2,1-4H3/t9-/m1/s1. The number of carbonyl (C=O) groups excluding carboxylic acids is 1. The lowest BCUT2D eigenvalue weighted by molar-refractivity contribution is 0.0517. The molecular formula is C13H21N3O2. The van der Waals surface area contributed by atoms with Crippen molar-refractivity contribution in [1.82, 2.24) is 15.1 Å². The third kappa shape index (κ3) is 2.14. The number of esters is 1. The van der Waals surface area contributed by atoms with Gasteiger partial charge >= 0.3 is 5.97 Å². The van der Waals surface area contributed by atoms with E-state index in [9.17, 15) is 4.79 Å². The summed E-state index contributed by atoms with van der Waals surface area (Å²) in [5.74, 6) is 0.0517. The van der Waals surface area contributed by atoms with Gasteiger partial charge < -0.3 is 10.1 Å². The molecule has 0 aliphatic carbocycles. The van der Waals surface area contributed by atoms with Gasteiger partial charge in [0.25, 0.3) is 0 Å². The van der Waals surface area contributed by atoms with Gasteiger partial charge in [-0.05, 0) is 20.8 Å². The van der Waals surface area contributed by atoms with Crippen molar-refractivity contribution in [2.24, 2.45) is 0 Å². The zero-order chi connectivity index (χ0) is 13.3. The summed E-state index contributed by atoms with van der Waals surface area (Å²) in [6, 6.07) is 0.252. The number of nitrogens with zero attached hydrogens (tertiary/aromatic N) is 2. The normalized spacial score (nSPS) is 18.8. The van der Waals surface area contributed by atoms with Crippen LogP contribution < -0.4 is 5.32 Å². The molecular weight excluding hydrogens is 230 g/mol. The fourth-order valence-electron chi connectivity index (χ4n) is 2.45. The van der Waals surface area contributed by atoms with Gasteiger partial charge in [0.15, 0.2) is 5.69 Å². The molecule has 0 saturated carbocycles. The average molecular weight is 251 g/mol. The first-order chi connectivity index (χ1) is 8.56. The molecule has 5 nitrogen and oxygen atoms in total. The number of aromatic nitrogens is 2. The monoisotopic (exact) mass is 251 g/mol. The largest absolute Gasteiger partial charge is 0.461 e. The highest BCUT2D eigenvalue weighted by molar-refractivity contribution is 5.89. The number of hydrogen-bond donors (Lipinski definition) is 1. The highest BCUT2D eigenvalue weighted by atomic mass is 16.5. The molecule has 1 aromatic rings. The number of fused-ring (bicyclic) bond motifs is 1. The number of nitrogens with one attached hydrogen (secondary N) is 1. The molecule has 0 amide bonds. The molecule has 1 aliphatic rings. The Morgan fingerprint density at radius 2 is 2.33 bits per heavy atom. The number of ether oxygens (including phenoxy) is 1. The summed E-state index contributed by atoms with van der Waals surface area (Å²) in [6.45, 7) is 10.1. The second-order valence-corrected chi connectivity index (χ2v) is 5.00. The smallest absolute Gasteiger partial charge is 0.359 e. The van der Waals surface area contributed by atoms with Gasteiger partial charge in [-0.15, -0.1) is 0 Å². The minimum absolute atomic E-state index is 0.252. The van der Waals surface area contributed by atoms with E-state index in [1.807, 2.05) is 11.6 Å². The van der Waals surface area contributed by atoms with E-state index in [1.54, 1.807) is 0 Å². The summed E-state index contributed by atoms with van der Waals surface area (Å²) < 4.78 is 7.05. The molecule has 0 fully saturated rings. The molecule has 18 heavy (non-hydrogen) atoms. The first kappa shape index (κ1) is 13.1. The molecule has 0 spiro atoms. The predicted molar refractivity (Wildman–Crippen MR) is 68.7 cm³/mol. The first-order valence-corrected chi connectivity index (χ1v) is 6.55. The van der Waals surface area contributed by atoms with Crippen LogP contribution in [0.3, 0.4) is 0 Å². The third-order valence-electron chi connectivity index (χ3n) is 3.23. The van der Waals surface area contributed by atoms with Gasteiger partial charge in [-0.25, -0.2) is 4.79 Å². The summed E-state index contributed by atoms with van der Waals surface area (Å²) >= 11 is 0. The van der Waals surface area contributed by atoms with Crippen LogP contribution in [0.2, 0.25) is 0 Å². The fraction of sp³-hybridized carbons (Fsp3) is 0.692. The quantitative estimate of drug-likeness (QED) is 0.833. The first-order valence-electron chi connectivity index (χ1n) is 6.55. The Morgan fingerprint density at radius 1 is 1.61 bits per heavy atom. The second-order valence-electron chi connectivity index (χ2n) is 5.00. The van der Waals surface area contributed by atoms with Gasteiger partial charge in [0, 0.05) is 36.3 Å². The molecule has 0 unspecified atom stereocenters. The van der Waals surface area contributed by atoms with Crippen LogP contribution in [-0.2, 0) is 11.3 Å². The Bertz CT molecular complexity index is 451. The molecule has 0 radical (unpaired) electrons. The van der Waals surface area contributed by atoms with Crippen LogP contribution in [0.1, 0.15) is 61.4 Å². The highest BCUT2D eigenvalue weighted by Gasteiger charge is 2.29. The Hall–Kier alpha value is -1.36. The van der Waals surface area contributed by atoms with Crippen molar-refractivity contribution < 1.29 is 9.53 Å². The number of carbonyl (C=O) groups is 1. The molecule has 1 aromatic heterocycles. The summed E-state index contributed by atoms with van der Waals surface area (Å²) in [5.41, 5.74) is 2.65. The van der Waals surface area contributed by atoms with E-state index in [4.69, 9.17) is 4.74 Å². The minimum Gasteiger partial charge on any atom is -0.461 e. The van der Waals surface area contributed by atoms with E-state index < -0.39 is 0 Å². The zero-order valence-corrected chi connectivity index (χ0v) is 11.5. The van der Waals surface area contributed by atoms with Crippen LogP contribution >= 0.6 is 0 Å². The second kappa shape index (κ2) is 5.10. The molecule has 5 heteroatoms. The molecule has 0 bridgehead atoms. The third-order valence-corrected chi connectivity index (χ3v) is 3.23. The Morgan fingerprint density at radius 3 is 2.94 bits per heavy atom. The van der Waals surface area contributed by atoms with Crippen molar-refractivity contribution in [3.63, 3.8) is 0 Å². The summed E-state index contributed by atoms with van der Waals surface area (Å²) in [6.07, 6.45) is 0. The van der Waals surface area contributed by atoms with Crippen molar-refractivity contribution >= 4 is 5.97 Å².